The highest BCUT2D eigenvalue weighted by Crippen LogP contribution is 2.26. The molecular weight excluding hydrogens is 510 g/mol. The third-order valence-electron chi connectivity index (χ3n) is 6.90. The summed E-state index contributed by atoms with van der Waals surface area (Å²) in [6.45, 7) is 7.45. The normalized spacial score (nSPS) is 13.6. The largest absolute Gasteiger partial charge is 0.494 e. The molecule has 1 saturated heterocycles. The molecule has 1 aliphatic rings. The molecule has 1 aliphatic heterocycles. The Bertz CT molecular complexity index is 1350. The van der Waals surface area contributed by atoms with Crippen LogP contribution in [-0.2, 0) is 19.6 Å². The third-order valence-corrected chi connectivity index (χ3v) is 7.22. The van der Waals surface area contributed by atoms with Gasteiger partial charge in [-0.15, -0.1) is 0 Å². The van der Waals surface area contributed by atoms with E-state index in [0.29, 0.717) is 32.0 Å². The first-order valence-corrected chi connectivity index (χ1v) is 13.8. The van der Waals surface area contributed by atoms with E-state index in [1.54, 1.807) is 6.07 Å². The van der Waals surface area contributed by atoms with Gasteiger partial charge in [0.2, 0.25) is 0 Å². The van der Waals surface area contributed by atoms with Gasteiger partial charge in [-0.25, -0.2) is 0 Å². The first-order chi connectivity index (χ1) is 19.1. The van der Waals surface area contributed by atoms with Crippen LogP contribution in [-0.4, -0.2) is 48.5 Å². The minimum Gasteiger partial charge on any atom is -0.494 e. The zero-order valence-corrected chi connectivity index (χ0v) is 23.0. The minimum atomic E-state index is -0.0684. The Kier molecular flexibility index (Phi) is 8.86. The van der Waals surface area contributed by atoms with Crippen LogP contribution in [0.25, 0.3) is 0 Å². The van der Waals surface area contributed by atoms with Crippen LogP contribution >= 0.6 is 11.6 Å². The molecule has 0 spiro atoms. The molecule has 1 fully saturated rings. The maximum atomic E-state index is 13.2. The second-order valence-electron chi connectivity index (χ2n) is 9.70. The molecule has 2 heterocycles. The van der Waals surface area contributed by atoms with E-state index >= 15 is 0 Å². The van der Waals surface area contributed by atoms with Crippen LogP contribution in [0.2, 0.25) is 5.02 Å². The average molecular weight is 544 g/mol. The van der Waals surface area contributed by atoms with Crippen LogP contribution in [0.1, 0.15) is 34.4 Å². The van der Waals surface area contributed by atoms with Crippen LogP contribution in [0.5, 0.6) is 5.75 Å². The molecule has 39 heavy (non-hydrogen) atoms. The standard InChI is InChI=1S/C32H34ClN3O3/c1-2-38-27-14-12-26(13-15-27)23-34(22-25-8-4-3-5-9-25)24-28-16-17-31(39-28)32(37)36-20-18-35(19-21-36)30-11-7-6-10-29(30)33/h3-17H,2,18-24H2,1H3. The third kappa shape index (κ3) is 7.02. The highest BCUT2D eigenvalue weighted by atomic mass is 35.5. The molecule has 3 aromatic carbocycles. The molecule has 0 saturated carbocycles. The summed E-state index contributed by atoms with van der Waals surface area (Å²) in [5, 5.41) is 0.734. The quantitative estimate of drug-likeness (QED) is 0.229. The number of hydrogen-bond donors (Lipinski definition) is 0. The first kappa shape index (κ1) is 26.9. The summed E-state index contributed by atoms with van der Waals surface area (Å²) in [5.41, 5.74) is 3.42. The van der Waals surface area contributed by atoms with Crippen LogP contribution < -0.4 is 9.64 Å². The lowest BCUT2D eigenvalue weighted by atomic mass is 10.1. The molecule has 0 aliphatic carbocycles. The zero-order chi connectivity index (χ0) is 27.0. The molecule has 6 nitrogen and oxygen atoms in total. The van der Waals surface area contributed by atoms with Crippen molar-refractivity contribution in [2.45, 2.75) is 26.6 Å². The molecule has 1 aromatic heterocycles. The minimum absolute atomic E-state index is 0.0684. The zero-order valence-electron chi connectivity index (χ0n) is 22.3. The number of carbonyl (C=O) groups is 1. The number of benzene rings is 3. The number of rotatable bonds is 10. The van der Waals surface area contributed by atoms with Gasteiger partial charge in [-0.1, -0.05) is 66.2 Å². The first-order valence-electron chi connectivity index (χ1n) is 13.4. The average Bonchev–Trinajstić information content (AvgIpc) is 3.43. The summed E-state index contributed by atoms with van der Waals surface area (Å²) in [4.78, 5) is 19.6. The molecule has 0 radical (unpaired) electrons. The van der Waals surface area contributed by atoms with Crippen molar-refractivity contribution < 1.29 is 13.9 Å². The smallest absolute Gasteiger partial charge is 0.289 e. The van der Waals surface area contributed by atoms with Crippen molar-refractivity contribution in [3.63, 3.8) is 0 Å². The van der Waals surface area contributed by atoms with Crippen molar-refractivity contribution in [2.75, 3.05) is 37.7 Å². The molecule has 0 N–H and O–H groups in total. The van der Waals surface area contributed by atoms with Gasteiger partial charge >= 0.3 is 0 Å². The number of halogens is 1. The highest BCUT2D eigenvalue weighted by molar-refractivity contribution is 6.33. The van der Waals surface area contributed by atoms with Gasteiger partial charge in [-0.05, 0) is 54.4 Å². The monoisotopic (exact) mass is 543 g/mol. The molecule has 5 rings (SSSR count). The van der Waals surface area contributed by atoms with E-state index in [2.05, 4.69) is 46.2 Å². The molecule has 1 amide bonds. The number of furan rings is 1. The van der Waals surface area contributed by atoms with Gasteiger partial charge in [0, 0.05) is 39.3 Å². The second-order valence-corrected chi connectivity index (χ2v) is 10.1. The van der Waals surface area contributed by atoms with Gasteiger partial charge in [0.15, 0.2) is 5.76 Å². The number of ether oxygens (including phenoxy) is 1. The molecule has 202 valence electrons. The second kappa shape index (κ2) is 12.9. The molecule has 0 unspecified atom stereocenters. The maximum Gasteiger partial charge on any atom is 0.289 e. The van der Waals surface area contributed by atoms with Crippen molar-refractivity contribution in [1.29, 1.82) is 0 Å². The Labute approximate surface area is 235 Å². The van der Waals surface area contributed by atoms with Gasteiger partial charge in [0.1, 0.15) is 11.5 Å². The maximum absolute atomic E-state index is 13.2. The van der Waals surface area contributed by atoms with E-state index in [-0.39, 0.29) is 5.91 Å². The molecular formula is C32H34ClN3O3. The number of carbonyl (C=O) groups excluding carboxylic acids is 1. The van der Waals surface area contributed by atoms with Crippen molar-refractivity contribution in [2.24, 2.45) is 0 Å². The van der Waals surface area contributed by atoms with Crippen molar-refractivity contribution in [1.82, 2.24) is 9.80 Å². The van der Waals surface area contributed by atoms with E-state index < -0.39 is 0 Å². The van der Waals surface area contributed by atoms with E-state index in [1.807, 2.05) is 60.4 Å². The van der Waals surface area contributed by atoms with Crippen molar-refractivity contribution >= 4 is 23.2 Å². The lowest BCUT2D eigenvalue weighted by molar-refractivity contribution is 0.0710. The van der Waals surface area contributed by atoms with Gasteiger partial charge in [-0.2, -0.15) is 0 Å². The van der Waals surface area contributed by atoms with Crippen LogP contribution in [0.4, 0.5) is 5.69 Å². The van der Waals surface area contributed by atoms with Crippen molar-refractivity contribution in [3.8, 4) is 5.75 Å². The predicted octanol–water partition coefficient (Wildman–Crippen LogP) is 6.50. The number of hydrogen-bond acceptors (Lipinski definition) is 5. The summed E-state index contributed by atoms with van der Waals surface area (Å²) in [6.07, 6.45) is 0. The number of para-hydroxylation sites is 1. The van der Waals surface area contributed by atoms with Crippen molar-refractivity contribution in [3.05, 3.63) is 119 Å². The van der Waals surface area contributed by atoms with Crippen LogP contribution in [0.15, 0.2) is 95.4 Å². The summed E-state index contributed by atoms with van der Waals surface area (Å²) >= 11 is 6.37. The Balaban J connectivity index is 1.23. The van der Waals surface area contributed by atoms with E-state index in [0.717, 1.165) is 48.4 Å². The summed E-state index contributed by atoms with van der Waals surface area (Å²) in [5.74, 6) is 1.96. The fourth-order valence-corrected chi connectivity index (χ4v) is 5.19. The van der Waals surface area contributed by atoms with E-state index in [1.165, 1.54) is 11.1 Å². The molecule has 0 bridgehead atoms. The highest BCUT2D eigenvalue weighted by Gasteiger charge is 2.25. The summed E-state index contributed by atoms with van der Waals surface area (Å²) in [7, 11) is 0. The van der Waals surface area contributed by atoms with E-state index in [9.17, 15) is 4.79 Å². The Morgan fingerprint density at radius 3 is 2.18 bits per heavy atom. The Morgan fingerprint density at radius 1 is 0.821 bits per heavy atom. The topological polar surface area (TPSA) is 49.2 Å². The molecule has 7 heteroatoms. The number of nitrogens with zero attached hydrogens (tertiary/aromatic N) is 3. The summed E-state index contributed by atoms with van der Waals surface area (Å²) < 4.78 is 11.7. The lowest BCUT2D eigenvalue weighted by Gasteiger charge is -2.36. The van der Waals surface area contributed by atoms with Crippen LogP contribution in [0, 0.1) is 0 Å². The molecule has 0 atom stereocenters. The fourth-order valence-electron chi connectivity index (χ4n) is 4.94. The van der Waals surface area contributed by atoms with Gasteiger partial charge in [0.05, 0.1) is 23.9 Å². The van der Waals surface area contributed by atoms with Gasteiger partial charge in [-0.3, -0.25) is 9.69 Å². The lowest BCUT2D eigenvalue weighted by Crippen LogP contribution is -2.48. The molecule has 4 aromatic rings. The SMILES string of the molecule is CCOc1ccc(CN(Cc2ccccc2)Cc2ccc(C(=O)N3CCN(c4ccccc4Cl)CC3)o2)cc1. The number of piperazine rings is 1. The van der Waals surface area contributed by atoms with Gasteiger partial charge < -0.3 is 19.0 Å². The van der Waals surface area contributed by atoms with E-state index in [4.69, 9.17) is 20.8 Å². The Morgan fingerprint density at radius 2 is 1.49 bits per heavy atom. The predicted molar refractivity (Wildman–Crippen MR) is 155 cm³/mol. The number of anilines is 1. The van der Waals surface area contributed by atoms with Gasteiger partial charge in [0.25, 0.3) is 5.91 Å². The van der Waals surface area contributed by atoms with Crippen LogP contribution in [0.3, 0.4) is 0 Å². The summed E-state index contributed by atoms with van der Waals surface area (Å²) in [6, 6.07) is 30.2. The fraction of sp³-hybridized carbons (Fsp3) is 0.281. The number of amides is 1. The Hall–Kier alpha value is -3.74.